The van der Waals surface area contributed by atoms with Gasteiger partial charge in [-0.05, 0) is 12.1 Å². The molecule has 0 unspecified atom stereocenters. The highest BCUT2D eigenvalue weighted by atomic mass is 32.2. The van der Waals surface area contributed by atoms with Crippen molar-refractivity contribution in [1.82, 2.24) is 9.88 Å². The predicted molar refractivity (Wildman–Crippen MR) is 85.9 cm³/mol. The standard InChI is InChI=1S/C15H20F2N2O4S/c1-5-24(21,22)13(9-19(3)4)14(20)12-7-6-11(8-18-12)23-10-15(2,16)17/h6-9H,5,10H2,1-4H3. The van der Waals surface area contributed by atoms with E-state index in [2.05, 4.69) is 4.98 Å². The Balaban J connectivity index is 3.05. The number of ether oxygens (including phenoxy) is 1. The van der Waals surface area contributed by atoms with Crippen LogP contribution in [0.15, 0.2) is 29.4 Å². The van der Waals surface area contributed by atoms with Crippen molar-refractivity contribution in [2.24, 2.45) is 0 Å². The second-order valence-electron chi connectivity index (χ2n) is 5.43. The molecular formula is C15H20F2N2O4S. The number of pyridine rings is 1. The molecule has 0 saturated carbocycles. The fourth-order valence-corrected chi connectivity index (χ4v) is 2.68. The number of alkyl halides is 2. The van der Waals surface area contributed by atoms with E-state index in [0.717, 1.165) is 6.20 Å². The molecule has 0 radical (unpaired) electrons. The lowest BCUT2D eigenvalue weighted by molar-refractivity contribution is -0.0230. The minimum absolute atomic E-state index is 0.0598. The third-order valence-corrected chi connectivity index (χ3v) is 4.50. The lowest BCUT2D eigenvalue weighted by Crippen LogP contribution is -2.21. The predicted octanol–water partition coefficient (Wildman–Crippen LogP) is 2.14. The molecule has 0 bridgehead atoms. The molecule has 0 aliphatic rings. The Kier molecular flexibility index (Phi) is 6.42. The summed E-state index contributed by atoms with van der Waals surface area (Å²) in [6, 6.07) is 2.53. The minimum atomic E-state index is -3.74. The first-order valence-corrected chi connectivity index (χ1v) is 8.74. The molecule has 1 aromatic heterocycles. The van der Waals surface area contributed by atoms with Gasteiger partial charge in [0.2, 0.25) is 5.78 Å². The largest absolute Gasteiger partial charge is 0.486 e. The van der Waals surface area contributed by atoms with Crippen molar-refractivity contribution in [3.8, 4) is 5.75 Å². The van der Waals surface area contributed by atoms with E-state index in [9.17, 15) is 22.0 Å². The first-order valence-electron chi connectivity index (χ1n) is 7.08. The number of sulfone groups is 1. The lowest BCUT2D eigenvalue weighted by Gasteiger charge is -2.13. The van der Waals surface area contributed by atoms with Crippen LogP contribution >= 0.6 is 0 Å². The van der Waals surface area contributed by atoms with Crippen molar-refractivity contribution in [1.29, 1.82) is 0 Å². The number of nitrogens with zero attached hydrogens (tertiary/aromatic N) is 2. The Morgan fingerprint density at radius 2 is 2.00 bits per heavy atom. The molecule has 6 nitrogen and oxygen atoms in total. The van der Waals surface area contributed by atoms with Gasteiger partial charge in [-0.25, -0.2) is 22.2 Å². The number of ketones is 1. The molecule has 0 saturated heterocycles. The summed E-state index contributed by atoms with van der Waals surface area (Å²) in [4.78, 5) is 17.3. The van der Waals surface area contributed by atoms with Crippen molar-refractivity contribution < 1.29 is 26.7 Å². The number of halogens is 2. The molecule has 0 atom stereocenters. The van der Waals surface area contributed by atoms with Crippen molar-refractivity contribution >= 4 is 15.6 Å². The Labute approximate surface area is 140 Å². The van der Waals surface area contributed by atoms with Crippen LogP contribution < -0.4 is 4.74 Å². The van der Waals surface area contributed by atoms with Gasteiger partial charge in [0.25, 0.3) is 5.92 Å². The van der Waals surface area contributed by atoms with Crippen LogP contribution in [0, 0.1) is 0 Å². The van der Waals surface area contributed by atoms with Gasteiger partial charge in [0.15, 0.2) is 16.4 Å². The summed E-state index contributed by atoms with van der Waals surface area (Å²) in [6.45, 7) is 1.33. The molecular weight excluding hydrogens is 342 g/mol. The van der Waals surface area contributed by atoms with E-state index in [0.29, 0.717) is 6.92 Å². The van der Waals surface area contributed by atoms with Gasteiger partial charge in [0.05, 0.1) is 11.9 Å². The lowest BCUT2D eigenvalue weighted by atomic mass is 10.2. The highest BCUT2D eigenvalue weighted by Gasteiger charge is 2.26. The summed E-state index contributed by atoms with van der Waals surface area (Å²) in [5, 5.41) is 0. The van der Waals surface area contributed by atoms with Crippen LogP contribution in [0.2, 0.25) is 0 Å². The number of Topliss-reactive ketones (excluding diaryl/α,β-unsaturated/α-hetero) is 1. The molecule has 1 rings (SSSR count). The Morgan fingerprint density at radius 3 is 2.42 bits per heavy atom. The molecule has 0 fully saturated rings. The number of carbonyl (C=O) groups excluding carboxylic acids is 1. The molecule has 0 amide bonds. The molecule has 1 heterocycles. The molecule has 134 valence electrons. The zero-order chi connectivity index (χ0) is 18.5. The number of hydrogen-bond acceptors (Lipinski definition) is 6. The summed E-state index contributed by atoms with van der Waals surface area (Å²) in [5.41, 5.74) is -0.115. The third-order valence-electron chi connectivity index (χ3n) is 2.78. The average Bonchev–Trinajstić information content (AvgIpc) is 2.49. The fraction of sp³-hybridized carbons (Fsp3) is 0.467. The number of allylic oxidation sites excluding steroid dienone is 1. The van der Waals surface area contributed by atoms with Gasteiger partial charge in [-0.1, -0.05) is 6.92 Å². The van der Waals surface area contributed by atoms with Gasteiger partial charge in [-0.3, -0.25) is 4.79 Å². The molecule has 9 heteroatoms. The maximum atomic E-state index is 12.7. The van der Waals surface area contributed by atoms with Gasteiger partial charge in [-0.2, -0.15) is 0 Å². The smallest absolute Gasteiger partial charge is 0.278 e. The van der Waals surface area contributed by atoms with Crippen molar-refractivity contribution in [2.75, 3.05) is 26.5 Å². The number of aromatic nitrogens is 1. The van der Waals surface area contributed by atoms with E-state index in [1.165, 1.54) is 30.2 Å². The molecule has 1 aromatic rings. The van der Waals surface area contributed by atoms with Gasteiger partial charge < -0.3 is 9.64 Å². The van der Waals surface area contributed by atoms with Crippen LogP contribution in [0.5, 0.6) is 5.75 Å². The van der Waals surface area contributed by atoms with Crippen LogP contribution in [0.1, 0.15) is 24.3 Å². The Morgan fingerprint density at radius 1 is 1.38 bits per heavy atom. The second kappa shape index (κ2) is 7.69. The van der Waals surface area contributed by atoms with E-state index >= 15 is 0 Å². The quantitative estimate of drug-likeness (QED) is 0.521. The SMILES string of the molecule is CCS(=O)(=O)C(=CN(C)C)C(=O)c1ccc(OCC(C)(F)F)cn1. The van der Waals surface area contributed by atoms with E-state index in [4.69, 9.17) is 4.74 Å². The highest BCUT2D eigenvalue weighted by Crippen LogP contribution is 2.19. The van der Waals surface area contributed by atoms with E-state index < -0.39 is 28.1 Å². The monoisotopic (exact) mass is 362 g/mol. The van der Waals surface area contributed by atoms with E-state index in [-0.39, 0.29) is 22.1 Å². The first-order chi connectivity index (χ1) is 11.0. The maximum Gasteiger partial charge on any atom is 0.278 e. The van der Waals surface area contributed by atoms with Gasteiger partial charge >= 0.3 is 0 Å². The summed E-state index contributed by atoms with van der Waals surface area (Å²) in [7, 11) is -0.561. The Bertz CT molecular complexity index is 708. The highest BCUT2D eigenvalue weighted by molar-refractivity contribution is 7.96. The first kappa shape index (κ1) is 20.0. The van der Waals surface area contributed by atoms with Crippen LogP contribution in [0.25, 0.3) is 0 Å². The van der Waals surface area contributed by atoms with Crippen LogP contribution in [-0.2, 0) is 9.84 Å². The fourth-order valence-electron chi connectivity index (χ4n) is 1.61. The van der Waals surface area contributed by atoms with Crippen LogP contribution in [-0.4, -0.2) is 56.5 Å². The van der Waals surface area contributed by atoms with Gasteiger partial charge in [0, 0.05) is 27.2 Å². The minimum Gasteiger partial charge on any atom is -0.486 e. The number of carbonyl (C=O) groups is 1. The maximum absolute atomic E-state index is 12.7. The molecule has 0 spiro atoms. The third kappa shape index (κ3) is 5.88. The molecule has 0 N–H and O–H groups in total. The zero-order valence-electron chi connectivity index (χ0n) is 13.9. The van der Waals surface area contributed by atoms with Gasteiger partial charge in [-0.15, -0.1) is 0 Å². The van der Waals surface area contributed by atoms with E-state index in [1.54, 1.807) is 14.1 Å². The number of rotatable bonds is 8. The summed E-state index contributed by atoms with van der Waals surface area (Å²) >= 11 is 0. The van der Waals surface area contributed by atoms with Crippen LogP contribution in [0.4, 0.5) is 8.78 Å². The summed E-state index contributed by atoms with van der Waals surface area (Å²) in [6.07, 6.45) is 2.32. The molecule has 24 heavy (non-hydrogen) atoms. The van der Waals surface area contributed by atoms with Crippen molar-refractivity contribution in [2.45, 2.75) is 19.8 Å². The second-order valence-corrected chi connectivity index (χ2v) is 7.67. The van der Waals surface area contributed by atoms with Crippen molar-refractivity contribution in [3.05, 3.63) is 35.1 Å². The number of hydrogen-bond donors (Lipinski definition) is 0. The summed E-state index contributed by atoms with van der Waals surface area (Å²) < 4.78 is 54.5. The molecule has 0 aliphatic heterocycles. The Hall–Kier alpha value is -2.03. The van der Waals surface area contributed by atoms with Crippen molar-refractivity contribution in [3.63, 3.8) is 0 Å². The molecule has 0 aromatic carbocycles. The normalized spacial score (nSPS) is 12.8. The zero-order valence-corrected chi connectivity index (χ0v) is 14.7. The topological polar surface area (TPSA) is 76.6 Å². The average molecular weight is 362 g/mol. The molecule has 0 aliphatic carbocycles. The van der Waals surface area contributed by atoms with Gasteiger partial charge in [0.1, 0.15) is 16.3 Å². The summed E-state index contributed by atoms with van der Waals surface area (Å²) in [5.74, 6) is -3.93. The van der Waals surface area contributed by atoms with E-state index in [1.807, 2.05) is 0 Å². The van der Waals surface area contributed by atoms with Crippen LogP contribution in [0.3, 0.4) is 0 Å².